The molecular weight excluding hydrogens is 383 g/mol. The molecule has 2 aromatic rings. The van der Waals surface area contributed by atoms with Gasteiger partial charge in [0.15, 0.2) is 14.2 Å². The van der Waals surface area contributed by atoms with Crippen LogP contribution in [0.5, 0.6) is 11.5 Å². The van der Waals surface area contributed by atoms with Crippen LogP contribution in [0.1, 0.15) is 67.3 Å². The molecule has 156 valence electrons. The zero-order chi connectivity index (χ0) is 21.1. The summed E-state index contributed by atoms with van der Waals surface area (Å²) in [6.07, 6.45) is 6.34. The van der Waals surface area contributed by atoms with Crippen LogP contribution in [0.2, 0.25) is 0 Å². The van der Waals surface area contributed by atoms with E-state index in [2.05, 4.69) is 6.92 Å². The summed E-state index contributed by atoms with van der Waals surface area (Å²) in [5.41, 5.74) is 0.986. The van der Waals surface area contributed by atoms with Gasteiger partial charge in [0.25, 0.3) is 0 Å². The van der Waals surface area contributed by atoms with Gasteiger partial charge in [-0.1, -0.05) is 75.4 Å². The summed E-state index contributed by atoms with van der Waals surface area (Å²) >= 11 is 0. The highest BCUT2D eigenvalue weighted by molar-refractivity contribution is 7.24. The topological polar surface area (TPSA) is 52.6 Å². The molecule has 0 aliphatic rings. The van der Waals surface area contributed by atoms with Crippen molar-refractivity contribution < 1.29 is 18.8 Å². The minimum Gasteiger partial charge on any atom is -0.496 e. The third-order valence-electron chi connectivity index (χ3n) is 5.24. The molecule has 4 nitrogen and oxygen atoms in total. The predicted molar refractivity (Wildman–Crippen MR) is 118 cm³/mol. The van der Waals surface area contributed by atoms with E-state index in [1.165, 1.54) is 19.3 Å². The van der Waals surface area contributed by atoms with Crippen molar-refractivity contribution in [2.24, 2.45) is 0 Å². The van der Waals surface area contributed by atoms with Crippen LogP contribution in [-0.2, 0) is 4.57 Å². The number of hydrogen-bond acceptors (Lipinski definition) is 4. The summed E-state index contributed by atoms with van der Waals surface area (Å²) in [7, 11) is 3.07. The lowest BCUT2D eigenvalue weighted by Crippen LogP contribution is -2.24. The third-order valence-corrected chi connectivity index (χ3v) is 6.07. The molecule has 0 N–H and O–H groups in total. The molecule has 2 unspecified atom stereocenters. The smallest absolute Gasteiger partial charge is 0.178 e. The van der Waals surface area contributed by atoms with Gasteiger partial charge < -0.3 is 9.47 Å². The molecule has 0 saturated heterocycles. The second-order valence-electron chi connectivity index (χ2n) is 7.17. The lowest BCUT2D eigenvalue weighted by Gasteiger charge is -2.23. The third kappa shape index (κ3) is 6.14. The number of carbonyl (C=O) groups is 1. The van der Waals surface area contributed by atoms with E-state index in [0.717, 1.165) is 24.8 Å². The molecule has 5 heteroatoms. The summed E-state index contributed by atoms with van der Waals surface area (Å²) < 4.78 is 23.1. The average Bonchev–Trinajstić information content (AvgIpc) is 2.77. The molecule has 0 bridgehead atoms. The first-order valence-corrected chi connectivity index (χ1v) is 11.2. The lowest BCUT2D eigenvalue weighted by molar-refractivity contribution is 0.0949. The Bertz CT molecular complexity index is 753. The van der Waals surface area contributed by atoms with Gasteiger partial charge in [0.05, 0.1) is 25.8 Å². The van der Waals surface area contributed by atoms with Crippen molar-refractivity contribution in [3.05, 3.63) is 59.7 Å². The molecular formula is C24H31O4P. The highest BCUT2D eigenvalue weighted by Crippen LogP contribution is 2.39. The Morgan fingerprint density at radius 3 is 2.07 bits per heavy atom. The largest absolute Gasteiger partial charge is 0.496 e. The second kappa shape index (κ2) is 12.4. The number of methoxy groups -OCH3 is 2. The van der Waals surface area contributed by atoms with Crippen LogP contribution >= 0.6 is 8.46 Å². The van der Waals surface area contributed by atoms with Crippen molar-refractivity contribution in [3.8, 4) is 11.5 Å². The zero-order valence-corrected chi connectivity index (χ0v) is 18.5. The first-order chi connectivity index (χ1) is 14.2. The Hall–Kier alpha value is -2.19. The predicted octanol–water partition coefficient (Wildman–Crippen LogP) is 6.69. The monoisotopic (exact) mass is 414 g/mol. The molecule has 0 aliphatic carbocycles. The summed E-state index contributed by atoms with van der Waals surface area (Å²) in [6, 6.07) is 14.9. The molecule has 0 aliphatic heterocycles. The van der Waals surface area contributed by atoms with E-state index in [4.69, 9.17) is 9.47 Å². The SMILES string of the molecule is CCCCCCCC(P=O)C(C(=O)c1c(OC)cccc1OC)c1ccccc1. The molecule has 0 aromatic heterocycles. The molecule has 29 heavy (non-hydrogen) atoms. The number of unbranched alkanes of at least 4 members (excludes halogenated alkanes) is 4. The molecule has 0 saturated carbocycles. The van der Waals surface area contributed by atoms with Gasteiger partial charge in [0.1, 0.15) is 17.1 Å². The average molecular weight is 414 g/mol. The molecule has 0 fully saturated rings. The van der Waals surface area contributed by atoms with E-state index in [-0.39, 0.29) is 19.9 Å². The molecule has 2 atom stereocenters. The molecule has 0 radical (unpaired) electrons. The number of carbonyl (C=O) groups excluding carboxylic acids is 1. The van der Waals surface area contributed by atoms with Gasteiger partial charge in [-0.25, -0.2) is 0 Å². The maximum atomic E-state index is 13.7. The van der Waals surface area contributed by atoms with Crippen molar-refractivity contribution in [2.75, 3.05) is 14.2 Å². The van der Waals surface area contributed by atoms with Crippen LogP contribution < -0.4 is 9.47 Å². The Morgan fingerprint density at radius 2 is 1.52 bits per heavy atom. The van der Waals surface area contributed by atoms with Gasteiger partial charge in [-0.3, -0.25) is 9.36 Å². The van der Waals surface area contributed by atoms with Gasteiger partial charge in [0.2, 0.25) is 0 Å². The lowest BCUT2D eigenvalue weighted by atomic mass is 9.85. The van der Waals surface area contributed by atoms with E-state index in [1.807, 2.05) is 30.3 Å². The maximum absolute atomic E-state index is 13.7. The van der Waals surface area contributed by atoms with Crippen molar-refractivity contribution >= 4 is 14.2 Å². The summed E-state index contributed by atoms with van der Waals surface area (Å²) in [5.74, 6) is 0.304. The minimum atomic E-state index is -0.522. The first-order valence-electron chi connectivity index (χ1n) is 10.3. The van der Waals surface area contributed by atoms with Gasteiger partial charge in [-0.2, -0.15) is 0 Å². The quantitative estimate of drug-likeness (QED) is 0.208. The van der Waals surface area contributed by atoms with Gasteiger partial charge in [0, 0.05) is 0 Å². The van der Waals surface area contributed by atoms with E-state index in [1.54, 1.807) is 32.4 Å². The number of ketones is 1. The van der Waals surface area contributed by atoms with Gasteiger partial charge in [-0.15, -0.1) is 0 Å². The summed E-state index contributed by atoms with van der Waals surface area (Å²) in [4.78, 5) is 13.7. The number of hydrogen-bond donors (Lipinski definition) is 0. The van der Waals surface area contributed by atoms with Gasteiger partial charge >= 0.3 is 0 Å². The number of benzene rings is 2. The fraction of sp³-hybridized carbons (Fsp3) is 0.458. The fourth-order valence-electron chi connectivity index (χ4n) is 3.70. The van der Waals surface area contributed by atoms with Crippen LogP contribution in [-0.4, -0.2) is 25.7 Å². The Balaban J connectivity index is 2.38. The molecule has 2 rings (SSSR count). The van der Waals surface area contributed by atoms with E-state index >= 15 is 0 Å². The Kier molecular flexibility index (Phi) is 9.87. The zero-order valence-electron chi connectivity index (χ0n) is 17.6. The standard InChI is InChI=1S/C24H31O4P/c1-4-5-6-7-11-17-21(29-26)22(18-13-9-8-10-14-18)24(25)23-19(27-2)15-12-16-20(23)28-3/h8-10,12-16,21-22H,4-7,11,17H2,1-3H3. The minimum absolute atomic E-state index is 0.00944. The van der Waals surface area contributed by atoms with Crippen molar-refractivity contribution in [1.82, 2.24) is 0 Å². The summed E-state index contributed by atoms with van der Waals surface area (Å²) in [6.45, 7) is 2.18. The molecule has 2 aromatic carbocycles. The molecule has 0 spiro atoms. The van der Waals surface area contributed by atoms with Crippen molar-refractivity contribution in [2.45, 2.75) is 57.0 Å². The Labute approximate surface area is 175 Å². The van der Waals surface area contributed by atoms with Crippen LogP contribution in [0.25, 0.3) is 0 Å². The maximum Gasteiger partial charge on any atom is 0.178 e. The molecule has 0 amide bonds. The second-order valence-corrected chi connectivity index (χ2v) is 8.04. The Morgan fingerprint density at radius 1 is 0.897 bits per heavy atom. The fourth-order valence-corrected chi connectivity index (χ4v) is 4.41. The van der Waals surface area contributed by atoms with Crippen LogP contribution in [0.4, 0.5) is 0 Å². The highest BCUT2D eigenvalue weighted by atomic mass is 31.1. The van der Waals surface area contributed by atoms with Crippen molar-refractivity contribution in [3.63, 3.8) is 0 Å². The highest BCUT2D eigenvalue weighted by Gasteiger charge is 2.34. The summed E-state index contributed by atoms with van der Waals surface area (Å²) in [5, 5.41) is 0. The van der Waals surface area contributed by atoms with E-state index in [0.29, 0.717) is 17.1 Å². The van der Waals surface area contributed by atoms with E-state index in [9.17, 15) is 9.36 Å². The van der Waals surface area contributed by atoms with Crippen molar-refractivity contribution in [1.29, 1.82) is 0 Å². The normalized spacial score (nSPS) is 13.1. The first kappa shape index (κ1) is 23.1. The van der Waals surface area contributed by atoms with Crippen LogP contribution in [0.3, 0.4) is 0 Å². The number of ether oxygens (including phenoxy) is 2. The number of rotatable bonds is 13. The van der Waals surface area contributed by atoms with Crippen LogP contribution in [0.15, 0.2) is 48.5 Å². The number of Topliss-reactive ketones (excluding diaryl/α,β-unsaturated/α-hetero) is 1. The van der Waals surface area contributed by atoms with E-state index < -0.39 is 5.92 Å². The molecule has 0 heterocycles. The van der Waals surface area contributed by atoms with Crippen LogP contribution in [0, 0.1) is 0 Å². The van der Waals surface area contributed by atoms with Gasteiger partial charge in [-0.05, 0) is 24.1 Å².